The highest BCUT2D eigenvalue weighted by Gasteiger charge is 2.35. The van der Waals surface area contributed by atoms with E-state index in [4.69, 9.17) is 11.6 Å². The van der Waals surface area contributed by atoms with E-state index in [0.717, 1.165) is 11.3 Å². The molecule has 0 bridgehead atoms. The van der Waals surface area contributed by atoms with Crippen LogP contribution in [-0.2, 0) is 9.59 Å². The Balaban J connectivity index is 1.70. The second-order valence-electron chi connectivity index (χ2n) is 6.46. The van der Waals surface area contributed by atoms with Crippen LogP contribution in [0.3, 0.4) is 0 Å². The number of carbonyl (C=O) groups is 3. The van der Waals surface area contributed by atoms with Crippen LogP contribution < -0.4 is 10.2 Å². The van der Waals surface area contributed by atoms with Gasteiger partial charge >= 0.3 is 0 Å². The number of hydrogen-bond acceptors (Lipinski definition) is 3. The van der Waals surface area contributed by atoms with Gasteiger partial charge in [0, 0.05) is 34.9 Å². The predicted molar refractivity (Wildman–Crippen MR) is 102 cm³/mol. The summed E-state index contributed by atoms with van der Waals surface area (Å²) in [6, 6.07) is 12.1. The molecule has 0 aliphatic carbocycles. The molecule has 0 spiro atoms. The lowest BCUT2D eigenvalue weighted by Gasteiger charge is -2.19. The Bertz CT molecular complexity index is 877. The number of nitrogens with zero attached hydrogens (tertiary/aromatic N) is 1. The fraction of sp³-hybridized carbons (Fsp3) is 0.250. The maximum atomic E-state index is 12.5. The van der Waals surface area contributed by atoms with Crippen molar-refractivity contribution in [2.24, 2.45) is 5.92 Å². The molecule has 0 saturated carbocycles. The molecule has 0 aromatic heterocycles. The normalized spacial score (nSPS) is 16.7. The summed E-state index contributed by atoms with van der Waals surface area (Å²) >= 11 is 6.04. The van der Waals surface area contributed by atoms with Crippen molar-refractivity contribution < 1.29 is 14.4 Å². The number of halogens is 1. The Kier molecular flexibility index (Phi) is 5.09. The van der Waals surface area contributed by atoms with Gasteiger partial charge < -0.3 is 10.2 Å². The van der Waals surface area contributed by atoms with Crippen molar-refractivity contribution in [1.82, 2.24) is 0 Å². The molecule has 1 aliphatic heterocycles. The molecule has 134 valence electrons. The van der Waals surface area contributed by atoms with E-state index in [2.05, 4.69) is 5.32 Å². The summed E-state index contributed by atoms with van der Waals surface area (Å²) in [7, 11) is 0. The minimum Gasteiger partial charge on any atom is -0.326 e. The van der Waals surface area contributed by atoms with Gasteiger partial charge in [-0.3, -0.25) is 14.4 Å². The van der Waals surface area contributed by atoms with Crippen LogP contribution in [0.25, 0.3) is 0 Å². The summed E-state index contributed by atoms with van der Waals surface area (Å²) in [6.07, 6.45) is 0.156. The van der Waals surface area contributed by atoms with Crippen molar-refractivity contribution in [2.75, 3.05) is 16.8 Å². The number of benzene rings is 2. The van der Waals surface area contributed by atoms with Gasteiger partial charge in [0.25, 0.3) is 0 Å². The van der Waals surface area contributed by atoms with E-state index in [1.165, 1.54) is 6.92 Å². The van der Waals surface area contributed by atoms with Crippen LogP contribution in [0.1, 0.15) is 29.3 Å². The molecule has 26 heavy (non-hydrogen) atoms. The zero-order chi connectivity index (χ0) is 18.8. The van der Waals surface area contributed by atoms with Crippen molar-refractivity contribution in [3.63, 3.8) is 0 Å². The monoisotopic (exact) mass is 370 g/mol. The maximum absolute atomic E-state index is 12.5. The number of anilines is 2. The Morgan fingerprint density at radius 2 is 1.85 bits per heavy atom. The second kappa shape index (κ2) is 7.30. The predicted octanol–water partition coefficient (Wildman–Crippen LogP) is 3.84. The molecule has 1 fully saturated rings. The lowest BCUT2D eigenvalue weighted by Crippen LogP contribution is -2.28. The maximum Gasteiger partial charge on any atom is 0.229 e. The molecule has 1 aliphatic rings. The number of ketones is 1. The van der Waals surface area contributed by atoms with Gasteiger partial charge in [-0.2, -0.15) is 0 Å². The molecular weight excluding hydrogens is 352 g/mol. The first-order valence-corrected chi connectivity index (χ1v) is 8.71. The van der Waals surface area contributed by atoms with Gasteiger partial charge in [-0.25, -0.2) is 0 Å². The number of carbonyl (C=O) groups excluding carboxylic acids is 3. The number of hydrogen-bond donors (Lipinski definition) is 1. The van der Waals surface area contributed by atoms with Crippen LogP contribution in [-0.4, -0.2) is 24.1 Å². The third-order valence-corrected chi connectivity index (χ3v) is 4.75. The lowest BCUT2D eigenvalue weighted by atomic mass is 10.1. The molecule has 2 aromatic carbocycles. The van der Waals surface area contributed by atoms with E-state index in [1.54, 1.807) is 41.3 Å². The number of amides is 2. The van der Waals surface area contributed by atoms with Crippen molar-refractivity contribution in [3.8, 4) is 0 Å². The van der Waals surface area contributed by atoms with Crippen molar-refractivity contribution in [2.45, 2.75) is 20.3 Å². The van der Waals surface area contributed by atoms with Gasteiger partial charge in [-0.05, 0) is 55.8 Å². The highest BCUT2D eigenvalue weighted by atomic mass is 35.5. The number of Topliss-reactive ketones (excluding diaryl/α,β-unsaturated/α-hetero) is 1. The third-order valence-electron chi connectivity index (χ3n) is 4.52. The van der Waals surface area contributed by atoms with Gasteiger partial charge in [0.1, 0.15) is 0 Å². The molecule has 6 heteroatoms. The standard InChI is InChI=1S/C20H19ClN2O3/c1-12-3-6-16(21)10-18(12)23-11-15(9-19(23)25)20(26)22-17-7-4-14(5-8-17)13(2)24/h3-8,10,15H,9,11H2,1-2H3,(H,22,26). The second-order valence-corrected chi connectivity index (χ2v) is 6.90. The van der Waals surface area contributed by atoms with E-state index in [9.17, 15) is 14.4 Å². The summed E-state index contributed by atoms with van der Waals surface area (Å²) < 4.78 is 0. The largest absolute Gasteiger partial charge is 0.326 e. The van der Waals surface area contributed by atoms with Crippen LogP contribution in [0.4, 0.5) is 11.4 Å². The molecular formula is C20H19ClN2O3. The molecule has 2 aromatic rings. The Labute approximate surface area is 156 Å². The van der Waals surface area contributed by atoms with Crippen LogP contribution >= 0.6 is 11.6 Å². The smallest absolute Gasteiger partial charge is 0.229 e. The molecule has 1 N–H and O–H groups in total. The molecule has 1 heterocycles. The molecule has 3 rings (SSSR count). The molecule has 0 radical (unpaired) electrons. The topological polar surface area (TPSA) is 66.5 Å². The summed E-state index contributed by atoms with van der Waals surface area (Å²) in [4.78, 5) is 37.8. The molecule has 5 nitrogen and oxygen atoms in total. The Morgan fingerprint density at radius 3 is 2.50 bits per heavy atom. The van der Waals surface area contributed by atoms with Crippen molar-refractivity contribution in [1.29, 1.82) is 0 Å². The van der Waals surface area contributed by atoms with Gasteiger partial charge in [0.05, 0.1) is 5.92 Å². The lowest BCUT2D eigenvalue weighted by molar-refractivity contribution is -0.122. The first-order chi connectivity index (χ1) is 12.3. The van der Waals surface area contributed by atoms with E-state index in [0.29, 0.717) is 22.8 Å². The average Bonchev–Trinajstić information content (AvgIpc) is 2.99. The van der Waals surface area contributed by atoms with E-state index >= 15 is 0 Å². The van der Waals surface area contributed by atoms with Crippen LogP contribution in [0.5, 0.6) is 0 Å². The summed E-state index contributed by atoms with van der Waals surface area (Å²) in [5.74, 6) is -0.774. The molecule has 1 saturated heterocycles. The zero-order valence-corrected chi connectivity index (χ0v) is 15.3. The number of nitrogens with one attached hydrogen (secondary N) is 1. The first kappa shape index (κ1) is 18.1. The number of aryl methyl sites for hydroxylation is 1. The van der Waals surface area contributed by atoms with Crippen LogP contribution in [0.15, 0.2) is 42.5 Å². The highest BCUT2D eigenvalue weighted by Crippen LogP contribution is 2.30. The minimum atomic E-state index is -0.437. The quantitative estimate of drug-likeness (QED) is 0.831. The van der Waals surface area contributed by atoms with E-state index in [1.807, 2.05) is 13.0 Å². The fourth-order valence-corrected chi connectivity index (χ4v) is 3.19. The SMILES string of the molecule is CC(=O)c1ccc(NC(=O)C2CC(=O)N(c3cc(Cl)ccc3C)C2)cc1. The minimum absolute atomic E-state index is 0.0307. The van der Waals surface area contributed by atoms with Gasteiger partial charge in [0.2, 0.25) is 11.8 Å². The zero-order valence-electron chi connectivity index (χ0n) is 14.6. The summed E-state index contributed by atoms with van der Waals surface area (Å²) in [5, 5.41) is 3.37. The highest BCUT2D eigenvalue weighted by molar-refractivity contribution is 6.31. The van der Waals surface area contributed by atoms with Crippen LogP contribution in [0, 0.1) is 12.8 Å². The Morgan fingerprint density at radius 1 is 1.15 bits per heavy atom. The summed E-state index contributed by atoms with van der Waals surface area (Å²) in [6.45, 7) is 3.71. The van der Waals surface area contributed by atoms with Gasteiger partial charge in [-0.15, -0.1) is 0 Å². The third kappa shape index (κ3) is 3.78. The van der Waals surface area contributed by atoms with Gasteiger partial charge in [-0.1, -0.05) is 17.7 Å². The van der Waals surface area contributed by atoms with Crippen molar-refractivity contribution >= 4 is 40.6 Å². The van der Waals surface area contributed by atoms with Crippen molar-refractivity contribution in [3.05, 3.63) is 58.6 Å². The van der Waals surface area contributed by atoms with Crippen LogP contribution in [0.2, 0.25) is 5.02 Å². The first-order valence-electron chi connectivity index (χ1n) is 8.33. The number of rotatable bonds is 4. The average molecular weight is 371 g/mol. The molecule has 2 amide bonds. The summed E-state index contributed by atoms with van der Waals surface area (Å²) in [5.41, 5.74) is 2.86. The fourth-order valence-electron chi connectivity index (χ4n) is 3.02. The van der Waals surface area contributed by atoms with Gasteiger partial charge in [0.15, 0.2) is 5.78 Å². The van der Waals surface area contributed by atoms with E-state index in [-0.39, 0.29) is 24.0 Å². The molecule has 1 atom stereocenters. The van der Waals surface area contributed by atoms with E-state index < -0.39 is 5.92 Å². The Hall–Kier alpha value is -2.66. The molecule has 1 unspecified atom stereocenters.